The Bertz CT molecular complexity index is 793. The van der Waals surface area contributed by atoms with Crippen LogP contribution < -0.4 is 5.32 Å². The van der Waals surface area contributed by atoms with Crippen molar-refractivity contribution < 1.29 is 23.2 Å². The van der Waals surface area contributed by atoms with Crippen LogP contribution in [0.5, 0.6) is 0 Å². The van der Waals surface area contributed by atoms with Gasteiger partial charge in [-0.1, -0.05) is 38.3 Å². The van der Waals surface area contributed by atoms with E-state index in [1.807, 2.05) is 13.0 Å². The molecule has 2 unspecified atom stereocenters. The molecule has 1 N–H and O–H groups in total. The molecule has 1 aliphatic heterocycles. The molecular formula is C24H32F2N2O3. The standard InChI is InChI=1S/C24H32F2N2O3/c1-2-20(29)21(16-8-4-3-5-9-16)27-23(30)18-11-6-10-17(14-18)19-12-7-13-28(15-19)24(31)22(25)26/h6,10-11,14,16,19,21-22H,2-5,7-9,12-13,15H2,1H3,(H,27,30). The third kappa shape index (κ3) is 5.89. The number of rotatable bonds is 7. The molecule has 1 saturated carbocycles. The Morgan fingerprint density at radius 2 is 1.84 bits per heavy atom. The molecule has 1 heterocycles. The number of alkyl halides is 2. The van der Waals surface area contributed by atoms with E-state index in [2.05, 4.69) is 5.32 Å². The van der Waals surface area contributed by atoms with Crippen molar-refractivity contribution in [3.8, 4) is 0 Å². The normalized spacial score (nSPS) is 21.0. The summed E-state index contributed by atoms with van der Waals surface area (Å²) in [4.78, 5) is 38.4. The van der Waals surface area contributed by atoms with E-state index < -0.39 is 18.4 Å². The van der Waals surface area contributed by atoms with Gasteiger partial charge >= 0.3 is 6.43 Å². The molecule has 1 aromatic carbocycles. The fourth-order valence-corrected chi connectivity index (χ4v) is 4.89. The van der Waals surface area contributed by atoms with Crippen LogP contribution in [0.2, 0.25) is 0 Å². The average molecular weight is 435 g/mol. The van der Waals surface area contributed by atoms with Crippen molar-refractivity contribution >= 4 is 17.6 Å². The van der Waals surface area contributed by atoms with Crippen molar-refractivity contribution in [2.24, 2.45) is 5.92 Å². The van der Waals surface area contributed by atoms with Gasteiger partial charge in [0.15, 0.2) is 5.78 Å². The number of hydrogen-bond acceptors (Lipinski definition) is 3. The molecule has 2 aliphatic rings. The number of nitrogens with one attached hydrogen (secondary N) is 1. The van der Waals surface area contributed by atoms with Crippen LogP contribution in [-0.4, -0.2) is 48.1 Å². The summed E-state index contributed by atoms with van der Waals surface area (Å²) >= 11 is 0. The fraction of sp³-hybridized carbons (Fsp3) is 0.625. The van der Waals surface area contributed by atoms with Crippen LogP contribution in [0.15, 0.2) is 24.3 Å². The monoisotopic (exact) mass is 434 g/mol. The summed E-state index contributed by atoms with van der Waals surface area (Å²) in [6.07, 6.45) is 4.05. The first-order chi connectivity index (χ1) is 14.9. The van der Waals surface area contributed by atoms with E-state index in [1.165, 1.54) is 11.3 Å². The highest BCUT2D eigenvalue weighted by atomic mass is 19.3. The zero-order valence-electron chi connectivity index (χ0n) is 18.1. The van der Waals surface area contributed by atoms with Gasteiger partial charge in [-0.3, -0.25) is 14.4 Å². The predicted octanol–water partition coefficient (Wildman–Crippen LogP) is 4.32. The third-order valence-corrected chi connectivity index (χ3v) is 6.64. The smallest absolute Gasteiger partial charge is 0.315 e. The van der Waals surface area contributed by atoms with E-state index in [9.17, 15) is 23.2 Å². The molecule has 2 atom stereocenters. The minimum absolute atomic E-state index is 0.0600. The van der Waals surface area contributed by atoms with Crippen molar-refractivity contribution in [1.82, 2.24) is 10.2 Å². The summed E-state index contributed by atoms with van der Waals surface area (Å²) in [7, 11) is 0. The number of nitrogens with zero attached hydrogens (tertiary/aromatic N) is 1. The highest BCUT2D eigenvalue weighted by Crippen LogP contribution is 2.29. The van der Waals surface area contributed by atoms with Crippen LogP contribution in [0.1, 0.15) is 80.1 Å². The van der Waals surface area contributed by atoms with E-state index in [-0.39, 0.29) is 30.1 Å². The molecule has 3 rings (SSSR count). The van der Waals surface area contributed by atoms with Crippen LogP contribution in [0.25, 0.3) is 0 Å². The van der Waals surface area contributed by atoms with E-state index in [1.54, 1.807) is 18.2 Å². The Morgan fingerprint density at radius 1 is 1.10 bits per heavy atom. The van der Waals surface area contributed by atoms with Crippen molar-refractivity contribution in [3.63, 3.8) is 0 Å². The van der Waals surface area contributed by atoms with Gasteiger partial charge in [-0.25, -0.2) is 0 Å². The summed E-state index contributed by atoms with van der Waals surface area (Å²) in [5, 5.41) is 2.97. The van der Waals surface area contributed by atoms with Gasteiger partial charge in [0, 0.05) is 31.0 Å². The van der Waals surface area contributed by atoms with Gasteiger partial charge in [-0.2, -0.15) is 8.78 Å². The Balaban J connectivity index is 1.71. The van der Waals surface area contributed by atoms with Gasteiger partial charge in [0.2, 0.25) is 0 Å². The minimum atomic E-state index is -3.00. The summed E-state index contributed by atoms with van der Waals surface area (Å²) in [5.41, 5.74) is 1.31. The Kier molecular flexibility index (Phi) is 8.15. The fourth-order valence-electron chi connectivity index (χ4n) is 4.89. The van der Waals surface area contributed by atoms with Gasteiger partial charge in [0.25, 0.3) is 11.8 Å². The van der Waals surface area contributed by atoms with E-state index in [0.29, 0.717) is 24.9 Å². The van der Waals surface area contributed by atoms with Crippen LogP contribution in [-0.2, 0) is 9.59 Å². The molecule has 1 aromatic rings. The molecule has 5 nitrogen and oxygen atoms in total. The summed E-state index contributed by atoms with van der Waals surface area (Å²) in [6, 6.07) is 6.65. The van der Waals surface area contributed by atoms with Crippen molar-refractivity contribution in [1.29, 1.82) is 0 Å². The lowest BCUT2D eigenvalue weighted by molar-refractivity contribution is -0.144. The number of ketones is 1. The van der Waals surface area contributed by atoms with Crippen LogP contribution >= 0.6 is 0 Å². The zero-order valence-corrected chi connectivity index (χ0v) is 18.1. The van der Waals surface area contributed by atoms with Gasteiger partial charge < -0.3 is 10.2 Å². The number of hydrogen-bond donors (Lipinski definition) is 1. The van der Waals surface area contributed by atoms with Gasteiger partial charge in [0.05, 0.1) is 6.04 Å². The molecule has 2 amide bonds. The van der Waals surface area contributed by atoms with Crippen LogP contribution in [0.4, 0.5) is 8.78 Å². The highest BCUT2D eigenvalue weighted by Gasteiger charge is 2.31. The van der Waals surface area contributed by atoms with E-state index >= 15 is 0 Å². The Hall–Kier alpha value is -2.31. The maximum Gasteiger partial charge on any atom is 0.315 e. The lowest BCUT2D eigenvalue weighted by Gasteiger charge is -2.33. The molecule has 170 valence electrons. The number of piperidine rings is 1. The van der Waals surface area contributed by atoms with Crippen molar-refractivity contribution in [3.05, 3.63) is 35.4 Å². The van der Waals surface area contributed by atoms with Gasteiger partial charge in [-0.05, 0) is 49.3 Å². The van der Waals surface area contributed by atoms with Crippen LogP contribution in [0, 0.1) is 5.92 Å². The van der Waals surface area contributed by atoms with Crippen molar-refractivity contribution in [2.45, 2.75) is 76.7 Å². The van der Waals surface area contributed by atoms with E-state index in [4.69, 9.17) is 0 Å². The number of likely N-dealkylation sites (tertiary alicyclic amines) is 1. The van der Waals surface area contributed by atoms with Crippen LogP contribution in [0.3, 0.4) is 0 Å². The Labute approximate surface area is 182 Å². The molecule has 0 spiro atoms. The molecule has 31 heavy (non-hydrogen) atoms. The molecular weight excluding hydrogens is 402 g/mol. The number of amides is 2. The molecule has 0 bridgehead atoms. The number of Topliss-reactive ketones (excluding diaryl/α,β-unsaturated/α-hetero) is 1. The second kappa shape index (κ2) is 10.8. The number of carbonyl (C=O) groups excluding carboxylic acids is 3. The quantitative estimate of drug-likeness (QED) is 0.695. The predicted molar refractivity (Wildman–Crippen MR) is 114 cm³/mol. The molecule has 2 fully saturated rings. The second-order valence-electron chi connectivity index (χ2n) is 8.72. The maximum absolute atomic E-state index is 13.0. The molecule has 7 heteroatoms. The first-order valence-electron chi connectivity index (χ1n) is 11.4. The number of benzene rings is 1. The molecule has 1 saturated heterocycles. The van der Waals surface area contributed by atoms with Gasteiger partial charge in [0.1, 0.15) is 0 Å². The first kappa shape index (κ1) is 23.4. The average Bonchev–Trinajstić information content (AvgIpc) is 2.82. The summed E-state index contributed by atoms with van der Waals surface area (Å²) in [5.74, 6) is -1.26. The third-order valence-electron chi connectivity index (χ3n) is 6.64. The highest BCUT2D eigenvalue weighted by molar-refractivity contribution is 5.98. The summed E-state index contributed by atoms with van der Waals surface area (Å²) < 4.78 is 25.6. The van der Waals surface area contributed by atoms with E-state index in [0.717, 1.165) is 37.7 Å². The molecule has 0 radical (unpaired) electrons. The first-order valence-corrected chi connectivity index (χ1v) is 11.4. The minimum Gasteiger partial charge on any atom is -0.342 e. The lowest BCUT2D eigenvalue weighted by Crippen LogP contribution is -2.46. The number of carbonyl (C=O) groups is 3. The largest absolute Gasteiger partial charge is 0.342 e. The molecule has 0 aromatic heterocycles. The Morgan fingerprint density at radius 3 is 2.52 bits per heavy atom. The number of halogens is 2. The topological polar surface area (TPSA) is 66.5 Å². The summed E-state index contributed by atoms with van der Waals surface area (Å²) in [6.45, 7) is 2.38. The molecule has 1 aliphatic carbocycles. The van der Waals surface area contributed by atoms with Gasteiger partial charge in [-0.15, -0.1) is 0 Å². The van der Waals surface area contributed by atoms with Crippen molar-refractivity contribution in [2.75, 3.05) is 13.1 Å². The maximum atomic E-state index is 13.0. The second-order valence-corrected chi connectivity index (χ2v) is 8.72. The zero-order chi connectivity index (χ0) is 22.4. The lowest BCUT2D eigenvalue weighted by atomic mass is 9.81. The SMILES string of the molecule is CCC(=O)C(NC(=O)c1cccc(C2CCCN(C(=O)C(F)F)C2)c1)C1CCCCC1.